The summed E-state index contributed by atoms with van der Waals surface area (Å²) in [5.74, 6) is -0.408. The summed E-state index contributed by atoms with van der Waals surface area (Å²) < 4.78 is 9.38. The van der Waals surface area contributed by atoms with Crippen LogP contribution in [0.5, 0.6) is 0 Å². The molecule has 2 heterocycles. The van der Waals surface area contributed by atoms with Crippen LogP contribution in [0.1, 0.15) is 35.3 Å². The Labute approximate surface area is 268 Å². The summed E-state index contributed by atoms with van der Waals surface area (Å²) >= 11 is 0. The molecular formula is C30H33N9O8. The Morgan fingerprint density at radius 1 is 1.06 bits per heavy atom. The molecule has 0 aliphatic heterocycles. The molecule has 0 bridgehead atoms. The Morgan fingerprint density at radius 2 is 1.74 bits per heavy atom. The lowest BCUT2D eigenvalue weighted by atomic mass is 10.1. The van der Waals surface area contributed by atoms with Gasteiger partial charge in [-0.05, 0) is 30.7 Å². The molecule has 0 aliphatic rings. The third-order valence-corrected chi connectivity index (χ3v) is 6.38. The van der Waals surface area contributed by atoms with Crippen molar-refractivity contribution in [3.05, 3.63) is 52.1 Å². The van der Waals surface area contributed by atoms with Crippen LogP contribution in [0, 0.1) is 12.3 Å². The maximum Gasteiger partial charge on any atom is 0.329 e. The standard InChI is InChI=1S/C30H33N9O8/c1-6-7-21(28(44)46-4)34-23(41)13-12-22(29(45)47-5)35-26(42)18-8-10-20(11-9-18)39(17-40)15-19-14-31-25-24(33-19)27(43)37-30(36-25)32-16-38(2)3/h1,8-11,14,16-17,21-22H,7,12-13,15H2,2-5H3,(H,34,41)(H,35,42)(H,31,36,37,43)/b32-16+/t21-,22-/m0/s1. The molecule has 1 aromatic carbocycles. The highest BCUT2D eigenvalue weighted by Gasteiger charge is 2.25. The number of H-pyrrole nitrogens is 1. The van der Waals surface area contributed by atoms with Crippen molar-refractivity contribution in [1.82, 2.24) is 35.5 Å². The highest BCUT2D eigenvalue weighted by Crippen LogP contribution is 2.17. The molecule has 3 aromatic rings. The zero-order chi connectivity index (χ0) is 34.5. The van der Waals surface area contributed by atoms with Crippen molar-refractivity contribution in [1.29, 1.82) is 0 Å². The Kier molecular flexibility index (Phi) is 12.6. The summed E-state index contributed by atoms with van der Waals surface area (Å²) in [6.07, 6.45) is 8.17. The molecule has 0 aliphatic carbocycles. The lowest BCUT2D eigenvalue weighted by Gasteiger charge is -2.19. The van der Waals surface area contributed by atoms with Gasteiger partial charge in [-0.25, -0.2) is 24.5 Å². The van der Waals surface area contributed by atoms with E-state index in [0.717, 1.165) is 14.2 Å². The summed E-state index contributed by atoms with van der Waals surface area (Å²) in [6, 6.07) is 3.62. The first-order valence-corrected chi connectivity index (χ1v) is 14.0. The fourth-order valence-electron chi connectivity index (χ4n) is 4.05. The summed E-state index contributed by atoms with van der Waals surface area (Å²) in [6.45, 7) is -0.0530. The van der Waals surface area contributed by atoms with Gasteiger partial charge in [0.25, 0.3) is 11.5 Å². The number of hydrogen-bond acceptors (Lipinski definition) is 12. The number of carbonyl (C=O) groups excluding carboxylic acids is 5. The summed E-state index contributed by atoms with van der Waals surface area (Å²) in [5, 5.41) is 4.96. The second-order valence-corrected chi connectivity index (χ2v) is 10.1. The number of hydrogen-bond donors (Lipinski definition) is 3. The van der Waals surface area contributed by atoms with Gasteiger partial charge in [0.05, 0.1) is 39.0 Å². The van der Waals surface area contributed by atoms with E-state index in [9.17, 15) is 28.8 Å². The van der Waals surface area contributed by atoms with Crippen LogP contribution in [-0.2, 0) is 35.2 Å². The summed E-state index contributed by atoms with van der Waals surface area (Å²) in [7, 11) is 5.81. The number of amides is 3. The van der Waals surface area contributed by atoms with Crippen molar-refractivity contribution in [2.75, 3.05) is 33.2 Å². The van der Waals surface area contributed by atoms with Gasteiger partial charge in [-0.15, -0.1) is 12.3 Å². The highest BCUT2D eigenvalue weighted by molar-refractivity contribution is 5.97. The number of carbonyl (C=O) groups is 5. The smallest absolute Gasteiger partial charge is 0.329 e. The zero-order valence-corrected chi connectivity index (χ0v) is 26.1. The molecule has 0 saturated carbocycles. The molecule has 246 valence electrons. The van der Waals surface area contributed by atoms with E-state index in [0.29, 0.717) is 17.8 Å². The Balaban J connectivity index is 1.67. The lowest BCUT2D eigenvalue weighted by Crippen LogP contribution is -2.44. The first kappa shape index (κ1) is 35.3. The van der Waals surface area contributed by atoms with Gasteiger partial charge in [-0.3, -0.25) is 24.2 Å². The second-order valence-electron chi connectivity index (χ2n) is 10.1. The molecular weight excluding hydrogens is 614 g/mol. The van der Waals surface area contributed by atoms with E-state index < -0.39 is 41.4 Å². The quantitative estimate of drug-likeness (QED) is 0.0644. The average Bonchev–Trinajstić information content (AvgIpc) is 3.07. The van der Waals surface area contributed by atoms with Crippen LogP contribution in [0.2, 0.25) is 0 Å². The topological polar surface area (TPSA) is 218 Å². The number of nitrogens with one attached hydrogen (secondary N) is 3. The Bertz CT molecular complexity index is 1750. The van der Waals surface area contributed by atoms with Crippen LogP contribution < -0.4 is 21.1 Å². The SMILES string of the molecule is C#CC[C@H](NC(=O)CC[C@H](NC(=O)c1ccc(N(C=O)Cc2cnc3nc(/N=C/N(C)C)[nH]c(=O)c3n2)cc1)C(=O)OC)C(=O)OC. The van der Waals surface area contributed by atoms with Gasteiger partial charge >= 0.3 is 11.9 Å². The minimum Gasteiger partial charge on any atom is -0.467 e. The molecule has 0 saturated heterocycles. The van der Waals surface area contributed by atoms with Crippen molar-refractivity contribution in [2.24, 2.45) is 4.99 Å². The van der Waals surface area contributed by atoms with E-state index >= 15 is 0 Å². The molecule has 0 radical (unpaired) electrons. The van der Waals surface area contributed by atoms with Crippen molar-refractivity contribution in [3.63, 3.8) is 0 Å². The zero-order valence-electron chi connectivity index (χ0n) is 26.1. The molecule has 3 amide bonds. The number of benzene rings is 1. The third kappa shape index (κ3) is 9.91. The number of aromatic nitrogens is 4. The number of esters is 2. The molecule has 17 nitrogen and oxygen atoms in total. The van der Waals surface area contributed by atoms with E-state index in [-0.39, 0.29) is 48.5 Å². The predicted molar refractivity (Wildman–Crippen MR) is 168 cm³/mol. The number of rotatable bonds is 15. The molecule has 0 spiro atoms. The maximum atomic E-state index is 13.0. The van der Waals surface area contributed by atoms with Crippen LogP contribution in [-0.4, -0.2) is 102 Å². The summed E-state index contributed by atoms with van der Waals surface area (Å²) in [4.78, 5) is 96.2. The predicted octanol–water partition coefficient (Wildman–Crippen LogP) is -0.170. The number of anilines is 1. The molecule has 2 aromatic heterocycles. The lowest BCUT2D eigenvalue weighted by molar-refractivity contribution is -0.145. The minimum absolute atomic E-state index is 0.0299. The van der Waals surface area contributed by atoms with E-state index in [1.807, 2.05) is 0 Å². The van der Waals surface area contributed by atoms with Crippen molar-refractivity contribution in [2.45, 2.75) is 37.9 Å². The molecule has 17 heteroatoms. The van der Waals surface area contributed by atoms with Crippen LogP contribution >= 0.6 is 0 Å². The first-order chi connectivity index (χ1) is 22.5. The fraction of sp³-hybridized carbons (Fsp3) is 0.333. The molecule has 3 N–H and O–H groups in total. The van der Waals surface area contributed by atoms with E-state index in [4.69, 9.17) is 11.2 Å². The van der Waals surface area contributed by atoms with E-state index in [2.05, 4.69) is 46.2 Å². The number of fused-ring (bicyclic) bond motifs is 1. The highest BCUT2D eigenvalue weighted by atomic mass is 16.5. The maximum absolute atomic E-state index is 13.0. The van der Waals surface area contributed by atoms with Gasteiger partial charge < -0.3 is 29.9 Å². The van der Waals surface area contributed by atoms with Gasteiger partial charge in [0.1, 0.15) is 12.1 Å². The Morgan fingerprint density at radius 3 is 2.36 bits per heavy atom. The number of nitrogens with zero attached hydrogens (tertiary/aromatic N) is 6. The number of aliphatic imine (C=N–C) groups is 1. The largest absolute Gasteiger partial charge is 0.467 e. The monoisotopic (exact) mass is 647 g/mol. The summed E-state index contributed by atoms with van der Waals surface area (Å²) in [5.41, 5.74) is 0.337. The van der Waals surface area contributed by atoms with Crippen molar-refractivity contribution in [3.8, 4) is 12.3 Å². The van der Waals surface area contributed by atoms with Crippen LogP contribution in [0.4, 0.5) is 11.6 Å². The minimum atomic E-state index is -1.19. The van der Waals surface area contributed by atoms with Crippen LogP contribution in [0.15, 0.2) is 40.2 Å². The second kappa shape index (κ2) is 16.8. The van der Waals surface area contributed by atoms with E-state index in [1.165, 1.54) is 41.7 Å². The number of ether oxygens (including phenoxy) is 2. The number of methoxy groups -OCH3 is 2. The molecule has 2 atom stereocenters. The average molecular weight is 648 g/mol. The molecule has 47 heavy (non-hydrogen) atoms. The van der Waals surface area contributed by atoms with E-state index in [1.54, 1.807) is 19.0 Å². The fourth-order valence-corrected chi connectivity index (χ4v) is 4.05. The van der Waals surface area contributed by atoms with Gasteiger partial charge in [0, 0.05) is 38.2 Å². The Hall–Kier alpha value is -6.18. The number of terminal acetylenes is 1. The van der Waals surface area contributed by atoms with Crippen molar-refractivity contribution < 1.29 is 33.4 Å². The third-order valence-electron chi connectivity index (χ3n) is 6.38. The van der Waals surface area contributed by atoms with Crippen LogP contribution in [0.25, 0.3) is 11.2 Å². The van der Waals surface area contributed by atoms with Gasteiger partial charge in [0.15, 0.2) is 11.2 Å². The van der Waals surface area contributed by atoms with Crippen LogP contribution in [0.3, 0.4) is 0 Å². The first-order valence-electron chi connectivity index (χ1n) is 14.0. The van der Waals surface area contributed by atoms with Gasteiger partial charge in [0.2, 0.25) is 18.3 Å². The molecule has 0 unspecified atom stereocenters. The molecule has 3 rings (SSSR count). The normalized spacial score (nSPS) is 12.0. The van der Waals surface area contributed by atoms with Crippen molar-refractivity contribution >= 4 is 59.3 Å². The molecule has 0 fully saturated rings. The van der Waals surface area contributed by atoms with Gasteiger partial charge in [-0.1, -0.05) is 0 Å². The van der Waals surface area contributed by atoms with Gasteiger partial charge in [-0.2, -0.15) is 4.98 Å². The number of aromatic amines is 1.